The van der Waals surface area contributed by atoms with Crippen molar-refractivity contribution in [2.24, 2.45) is 0 Å². The van der Waals surface area contributed by atoms with Gasteiger partial charge in [0.05, 0.1) is 11.5 Å². The molecule has 13 heavy (non-hydrogen) atoms. The number of benzene rings is 1. The van der Waals surface area contributed by atoms with E-state index in [0.29, 0.717) is 0 Å². The Morgan fingerprint density at radius 3 is 2.62 bits per heavy atom. The van der Waals surface area contributed by atoms with Crippen molar-refractivity contribution in [3.63, 3.8) is 0 Å². The minimum atomic E-state index is -0.680. The normalized spacial score (nSPS) is 10.0. The van der Waals surface area contributed by atoms with Crippen LogP contribution in [0, 0.1) is 10.1 Å². The Balaban J connectivity index is 3.30. The van der Waals surface area contributed by atoms with E-state index in [1.54, 1.807) is 0 Å². The van der Waals surface area contributed by atoms with E-state index in [2.05, 4.69) is 0 Å². The third-order valence-electron chi connectivity index (χ3n) is 1.52. The van der Waals surface area contributed by atoms with Crippen LogP contribution in [-0.2, 0) is 6.61 Å². The van der Waals surface area contributed by atoms with Gasteiger partial charge in [0, 0.05) is 17.7 Å². The highest BCUT2D eigenvalue weighted by molar-refractivity contribution is 6.32. The highest BCUT2D eigenvalue weighted by atomic mass is 35.5. The highest BCUT2D eigenvalue weighted by Gasteiger charge is 2.15. The van der Waals surface area contributed by atoms with E-state index in [-0.39, 0.29) is 22.0 Å². The smallest absolute Gasteiger partial charge is 0.288 e. The fourth-order valence-corrected chi connectivity index (χ4v) is 1.09. The molecular formula is C7H6ClNO4. The number of aliphatic hydroxyl groups excluding tert-OH is 1. The highest BCUT2D eigenvalue weighted by Crippen LogP contribution is 2.31. The third-order valence-corrected chi connectivity index (χ3v) is 1.82. The molecule has 2 N–H and O–H groups in total. The Bertz CT molecular complexity index is 353. The number of aromatic hydroxyl groups is 1. The lowest BCUT2D eigenvalue weighted by Gasteiger charge is -2.01. The van der Waals surface area contributed by atoms with Crippen LogP contribution in [0.5, 0.6) is 5.75 Å². The Morgan fingerprint density at radius 2 is 2.15 bits per heavy atom. The number of nitro benzene ring substituents is 1. The molecule has 70 valence electrons. The average molecular weight is 204 g/mol. The maximum atomic E-state index is 10.4. The van der Waals surface area contributed by atoms with Gasteiger partial charge in [-0.2, -0.15) is 0 Å². The van der Waals surface area contributed by atoms with Crippen molar-refractivity contribution in [3.05, 3.63) is 32.8 Å². The lowest BCUT2D eigenvalue weighted by atomic mass is 10.2. The fraction of sp³-hybridized carbons (Fsp3) is 0.143. The zero-order valence-electron chi connectivity index (χ0n) is 6.40. The first-order valence-electron chi connectivity index (χ1n) is 3.33. The molecule has 0 aliphatic rings. The second-order valence-electron chi connectivity index (χ2n) is 2.35. The largest absolute Gasteiger partial charge is 0.508 e. The molecule has 0 heterocycles. The first-order valence-corrected chi connectivity index (χ1v) is 3.70. The molecule has 0 saturated carbocycles. The van der Waals surface area contributed by atoms with Crippen molar-refractivity contribution >= 4 is 17.3 Å². The predicted molar refractivity (Wildman–Crippen MR) is 45.7 cm³/mol. The molecule has 0 fully saturated rings. The van der Waals surface area contributed by atoms with E-state index in [1.807, 2.05) is 0 Å². The van der Waals surface area contributed by atoms with Gasteiger partial charge in [-0.1, -0.05) is 11.6 Å². The fourth-order valence-electron chi connectivity index (χ4n) is 0.861. The van der Waals surface area contributed by atoms with Crippen molar-refractivity contribution in [2.45, 2.75) is 6.61 Å². The average Bonchev–Trinajstić information content (AvgIpc) is 2.03. The number of nitrogens with zero attached hydrogens (tertiary/aromatic N) is 1. The Labute approximate surface area is 78.3 Å². The van der Waals surface area contributed by atoms with Gasteiger partial charge in [0.25, 0.3) is 5.69 Å². The second kappa shape index (κ2) is 3.59. The molecule has 0 radical (unpaired) electrons. The van der Waals surface area contributed by atoms with E-state index in [1.165, 1.54) is 0 Å². The van der Waals surface area contributed by atoms with Gasteiger partial charge in [-0.05, 0) is 0 Å². The van der Waals surface area contributed by atoms with E-state index < -0.39 is 11.5 Å². The van der Waals surface area contributed by atoms with Crippen LogP contribution in [0.2, 0.25) is 5.02 Å². The van der Waals surface area contributed by atoms with Crippen LogP contribution < -0.4 is 0 Å². The van der Waals surface area contributed by atoms with Crippen LogP contribution in [0.1, 0.15) is 5.56 Å². The van der Waals surface area contributed by atoms with Crippen LogP contribution in [0.4, 0.5) is 5.69 Å². The quantitative estimate of drug-likeness (QED) is 0.563. The molecule has 0 saturated heterocycles. The summed E-state index contributed by atoms with van der Waals surface area (Å²) in [4.78, 5) is 9.68. The van der Waals surface area contributed by atoms with Crippen molar-refractivity contribution in [3.8, 4) is 5.75 Å². The standard InChI is InChI=1S/C7H6ClNO4/c8-5-2-7(11)4(3-10)1-6(5)9(12)13/h1-2,10-11H,3H2. The number of halogens is 1. The predicted octanol–water partition coefficient (Wildman–Crippen LogP) is 1.45. The van der Waals surface area contributed by atoms with Gasteiger partial charge in [-0.25, -0.2) is 0 Å². The zero-order valence-corrected chi connectivity index (χ0v) is 7.15. The summed E-state index contributed by atoms with van der Waals surface area (Å²) in [7, 11) is 0. The summed E-state index contributed by atoms with van der Waals surface area (Å²) < 4.78 is 0. The monoisotopic (exact) mass is 203 g/mol. The number of hydrogen-bond acceptors (Lipinski definition) is 4. The molecule has 0 amide bonds. The van der Waals surface area contributed by atoms with Gasteiger partial charge < -0.3 is 10.2 Å². The molecule has 0 bridgehead atoms. The summed E-state index contributed by atoms with van der Waals surface area (Å²) in [6, 6.07) is 2.07. The minimum Gasteiger partial charge on any atom is -0.508 e. The Kier molecular flexibility index (Phi) is 2.69. The molecule has 0 spiro atoms. The molecule has 0 aromatic heterocycles. The van der Waals surface area contributed by atoms with Gasteiger partial charge in [-0.15, -0.1) is 0 Å². The molecule has 0 aliphatic carbocycles. The topological polar surface area (TPSA) is 83.6 Å². The molecule has 0 atom stereocenters. The van der Waals surface area contributed by atoms with Gasteiger partial charge in [0.2, 0.25) is 0 Å². The number of aliphatic hydroxyl groups is 1. The number of rotatable bonds is 2. The maximum Gasteiger partial charge on any atom is 0.288 e. The van der Waals surface area contributed by atoms with Gasteiger partial charge in [0.1, 0.15) is 10.8 Å². The second-order valence-corrected chi connectivity index (χ2v) is 2.75. The van der Waals surface area contributed by atoms with E-state index in [0.717, 1.165) is 12.1 Å². The molecule has 1 rings (SSSR count). The van der Waals surface area contributed by atoms with Crippen LogP contribution in [-0.4, -0.2) is 15.1 Å². The molecule has 5 nitrogen and oxygen atoms in total. The molecular weight excluding hydrogens is 198 g/mol. The van der Waals surface area contributed by atoms with Crippen molar-refractivity contribution < 1.29 is 15.1 Å². The summed E-state index contributed by atoms with van der Waals surface area (Å²) >= 11 is 5.47. The summed E-state index contributed by atoms with van der Waals surface area (Å²) in [6.45, 7) is -0.468. The molecule has 1 aromatic carbocycles. The number of hydrogen-bond donors (Lipinski definition) is 2. The van der Waals surface area contributed by atoms with Gasteiger partial charge in [0.15, 0.2) is 0 Å². The molecule has 0 unspecified atom stereocenters. The molecule has 1 aromatic rings. The van der Waals surface area contributed by atoms with Crippen LogP contribution in [0.15, 0.2) is 12.1 Å². The Morgan fingerprint density at radius 1 is 1.54 bits per heavy atom. The number of phenols is 1. The Hall–Kier alpha value is -1.33. The number of nitro groups is 1. The van der Waals surface area contributed by atoms with E-state index >= 15 is 0 Å². The van der Waals surface area contributed by atoms with Crippen molar-refractivity contribution in [1.29, 1.82) is 0 Å². The lowest BCUT2D eigenvalue weighted by Crippen LogP contribution is -1.92. The van der Waals surface area contributed by atoms with E-state index in [4.69, 9.17) is 21.8 Å². The van der Waals surface area contributed by atoms with E-state index in [9.17, 15) is 10.1 Å². The first-order chi connectivity index (χ1) is 6.06. The van der Waals surface area contributed by atoms with Gasteiger partial charge >= 0.3 is 0 Å². The molecule has 0 aliphatic heterocycles. The minimum absolute atomic E-state index is 0.0797. The summed E-state index contributed by atoms with van der Waals surface area (Å²) in [5, 5.41) is 28.0. The maximum absolute atomic E-state index is 10.4. The first kappa shape index (κ1) is 9.76. The van der Waals surface area contributed by atoms with Gasteiger partial charge in [-0.3, -0.25) is 10.1 Å². The summed E-state index contributed by atoms with van der Waals surface area (Å²) in [5.41, 5.74) is -0.250. The lowest BCUT2D eigenvalue weighted by molar-refractivity contribution is -0.384. The van der Waals surface area contributed by atoms with Crippen LogP contribution in [0.3, 0.4) is 0 Å². The van der Waals surface area contributed by atoms with Crippen LogP contribution in [0.25, 0.3) is 0 Å². The zero-order chi connectivity index (χ0) is 10.0. The summed E-state index contributed by atoms with van der Waals surface area (Å²) in [6.07, 6.45) is 0. The van der Waals surface area contributed by atoms with Crippen LogP contribution >= 0.6 is 11.6 Å². The van der Waals surface area contributed by atoms with Crippen molar-refractivity contribution in [1.82, 2.24) is 0 Å². The van der Waals surface area contributed by atoms with Crippen molar-refractivity contribution in [2.75, 3.05) is 0 Å². The third kappa shape index (κ3) is 1.88. The summed E-state index contributed by atoms with van der Waals surface area (Å²) in [5.74, 6) is -0.252. The molecule has 6 heteroatoms. The SMILES string of the molecule is O=[N+]([O-])c1cc(CO)c(O)cc1Cl.